The van der Waals surface area contributed by atoms with Crippen molar-refractivity contribution >= 4 is 16.0 Å². The van der Waals surface area contributed by atoms with Gasteiger partial charge in [0.15, 0.2) is 11.6 Å². The fourth-order valence-electron chi connectivity index (χ4n) is 3.90. The molecule has 0 aliphatic carbocycles. The van der Waals surface area contributed by atoms with Gasteiger partial charge < -0.3 is 14.2 Å². The molecule has 0 amide bonds. The molecule has 1 N–H and O–H groups in total. The number of hydrogen-bond acceptors (Lipinski definition) is 10. The van der Waals surface area contributed by atoms with Crippen molar-refractivity contribution in [1.29, 1.82) is 0 Å². The van der Waals surface area contributed by atoms with Gasteiger partial charge >= 0.3 is 0 Å². The third-order valence-corrected chi connectivity index (χ3v) is 7.52. The Labute approximate surface area is 227 Å². The summed E-state index contributed by atoms with van der Waals surface area (Å²) in [6.45, 7) is 7.02. The van der Waals surface area contributed by atoms with Crippen LogP contribution in [-0.2, 0) is 14.8 Å². The lowest BCUT2D eigenvalue weighted by Crippen LogP contribution is -2.35. The summed E-state index contributed by atoms with van der Waals surface area (Å²) >= 11 is 0. The minimum Gasteiger partial charge on any atom is -0.494 e. The standard InChI is InChI=1S/C26H31N7O5S/c1-16(2)38-23(24-28-13-17(3)14-29-24)18(4)39(34,35)32-26-31-30-25(19-9-8-12-27-15-19)33(26)22-20(36-5)10-7-11-21(22)37-6/h7-16,18,23H,1-6H3,(H,31,32). The van der Waals surface area contributed by atoms with Gasteiger partial charge in [-0.05, 0) is 57.5 Å². The second-order valence-electron chi connectivity index (χ2n) is 9.01. The number of para-hydroxylation sites is 1. The van der Waals surface area contributed by atoms with Gasteiger partial charge in [0.1, 0.15) is 28.5 Å². The highest BCUT2D eigenvalue weighted by Gasteiger charge is 2.36. The number of rotatable bonds is 11. The van der Waals surface area contributed by atoms with Gasteiger partial charge in [-0.2, -0.15) is 0 Å². The third-order valence-electron chi connectivity index (χ3n) is 5.83. The Morgan fingerprint density at radius 3 is 2.15 bits per heavy atom. The maximum atomic E-state index is 13.8. The first kappa shape index (κ1) is 27.9. The van der Waals surface area contributed by atoms with Crippen LogP contribution in [0.2, 0.25) is 0 Å². The molecular weight excluding hydrogens is 522 g/mol. The van der Waals surface area contributed by atoms with Gasteiger partial charge in [-0.25, -0.2) is 18.4 Å². The van der Waals surface area contributed by atoms with Crippen LogP contribution in [-0.4, -0.2) is 63.7 Å². The number of benzene rings is 1. The van der Waals surface area contributed by atoms with Gasteiger partial charge in [0, 0.05) is 30.4 Å². The lowest BCUT2D eigenvalue weighted by molar-refractivity contribution is 0.00152. The van der Waals surface area contributed by atoms with Crippen LogP contribution in [0.1, 0.15) is 38.3 Å². The summed E-state index contributed by atoms with van der Waals surface area (Å²) < 4.78 is 48.9. The fourth-order valence-corrected chi connectivity index (χ4v) is 4.99. The van der Waals surface area contributed by atoms with Crippen molar-refractivity contribution in [2.24, 2.45) is 0 Å². The highest BCUT2D eigenvalue weighted by atomic mass is 32.2. The molecule has 0 saturated carbocycles. The molecule has 3 heterocycles. The van der Waals surface area contributed by atoms with Crippen LogP contribution in [0.4, 0.5) is 5.95 Å². The summed E-state index contributed by atoms with van der Waals surface area (Å²) in [6.07, 6.45) is 5.24. The molecule has 206 valence electrons. The number of pyridine rings is 1. The van der Waals surface area contributed by atoms with Gasteiger partial charge in [0.05, 0.1) is 20.3 Å². The van der Waals surface area contributed by atoms with Crippen molar-refractivity contribution < 1.29 is 22.6 Å². The molecule has 0 radical (unpaired) electrons. The van der Waals surface area contributed by atoms with Crippen molar-refractivity contribution in [3.05, 3.63) is 66.5 Å². The van der Waals surface area contributed by atoms with Crippen molar-refractivity contribution in [2.45, 2.75) is 45.2 Å². The Balaban J connectivity index is 1.83. The summed E-state index contributed by atoms with van der Waals surface area (Å²) in [5.74, 6) is 1.35. The number of ether oxygens (including phenoxy) is 3. The summed E-state index contributed by atoms with van der Waals surface area (Å²) in [6, 6.07) is 8.75. The van der Waals surface area contributed by atoms with Gasteiger partial charge in [0.2, 0.25) is 16.0 Å². The molecule has 4 aromatic rings. The van der Waals surface area contributed by atoms with E-state index in [2.05, 4.69) is 29.9 Å². The molecule has 0 fully saturated rings. The molecule has 4 rings (SSSR count). The molecule has 2 atom stereocenters. The Bertz CT molecular complexity index is 1490. The molecule has 0 bridgehead atoms. The first-order valence-electron chi connectivity index (χ1n) is 12.2. The fraction of sp³-hybridized carbons (Fsp3) is 0.346. The number of sulfonamides is 1. The van der Waals surface area contributed by atoms with E-state index in [4.69, 9.17) is 14.2 Å². The average molecular weight is 554 g/mol. The molecular formula is C26H31N7O5S. The van der Waals surface area contributed by atoms with Crippen LogP contribution < -0.4 is 14.2 Å². The first-order chi connectivity index (χ1) is 18.7. The topological polar surface area (TPSA) is 143 Å². The van der Waals surface area contributed by atoms with E-state index in [1.807, 2.05) is 20.8 Å². The quantitative estimate of drug-likeness (QED) is 0.292. The Kier molecular flexibility index (Phi) is 8.41. The monoisotopic (exact) mass is 553 g/mol. The Hall–Kier alpha value is -4.10. The molecule has 12 nitrogen and oxygen atoms in total. The third kappa shape index (κ3) is 5.99. The van der Waals surface area contributed by atoms with Gasteiger partial charge in [-0.3, -0.25) is 14.3 Å². The van der Waals surface area contributed by atoms with Crippen molar-refractivity contribution in [3.8, 4) is 28.6 Å². The molecule has 0 saturated heterocycles. The Morgan fingerprint density at radius 1 is 0.923 bits per heavy atom. The number of methoxy groups -OCH3 is 2. The number of anilines is 1. The normalized spacial score (nSPS) is 13.2. The van der Waals surface area contributed by atoms with Crippen molar-refractivity contribution in [3.63, 3.8) is 0 Å². The molecule has 39 heavy (non-hydrogen) atoms. The first-order valence-corrected chi connectivity index (χ1v) is 13.7. The lowest BCUT2D eigenvalue weighted by Gasteiger charge is -2.25. The van der Waals surface area contributed by atoms with Gasteiger partial charge in [-0.1, -0.05) is 6.07 Å². The SMILES string of the molecule is COc1cccc(OC)c1-n1c(NS(=O)(=O)C(C)C(OC(C)C)c2ncc(C)cn2)nnc1-c1cccnc1. The molecule has 1 aromatic carbocycles. The zero-order valence-corrected chi connectivity index (χ0v) is 23.4. The zero-order chi connectivity index (χ0) is 28.2. The predicted molar refractivity (Wildman–Crippen MR) is 145 cm³/mol. The second-order valence-corrected chi connectivity index (χ2v) is 11.0. The van der Waals surface area contributed by atoms with Crippen LogP contribution in [0, 0.1) is 6.92 Å². The predicted octanol–water partition coefficient (Wildman–Crippen LogP) is 3.74. The van der Waals surface area contributed by atoms with E-state index in [1.165, 1.54) is 25.7 Å². The number of aromatic nitrogens is 6. The van der Waals surface area contributed by atoms with Crippen LogP contribution in [0.25, 0.3) is 17.1 Å². The number of nitrogens with one attached hydrogen (secondary N) is 1. The Morgan fingerprint density at radius 2 is 1.59 bits per heavy atom. The molecule has 0 aliphatic rings. The van der Waals surface area contributed by atoms with Crippen LogP contribution >= 0.6 is 0 Å². The largest absolute Gasteiger partial charge is 0.494 e. The van der Waals surface area contributed by atoms with Crippen molar-refractivity contribution in [2.75, 3.05) is 18.9 Å². The van der Waals surface area contributed by atoms with E-state index in [9.17, 15) is 8.42 Å². The number of nitrogens with zero attached hydrogens (tertiary/aromatic N) is 6. The van der Waals surface area contributed by atoms with E-state index < -0.39 is 21.4 Å². The minimum absolute atomic E-state index is 0.0726. The van der Waals surface area contributed by atoms with E-state index in [0.29, 0.717) is 28.6 Å². The van der Waals surface area contributed by atoms with Gasteiger partial charge in [-0.15, -0.1) is 10.2 Å². The highest BCUT2D eigenvalue weighted by Crippen LogP contribution is 2.38. The molecule has 2 unspecified atom stereocenters. The number of hydrogen-bond donors (Lipinski definition) is 1. The summed E-state index contributed by atoms with van der Waals surface area (Å²) in [4.78, 5) is 12.8. The van der Waals surface area contributed by atoms with E-state index >= 15 is 0 Å². The second kappa shape index (κ2) is 11.7. The molecule has 0 spiro atoms. The lowest BCUT2D eigenvalue weighted by atomic mass is 10.2. The maximum absolute atomic E-state index is 13.8. The van der Waals surface area contributed by atoms with Gasteiger partial charge in [0.25, 0.3) is 0 Å². The van der Waals surface area contributed by atoms with Crippen LogP contribution in [0.15, 0.2) is 55.1 Å². The smallest absolute Gasteiger partial charge is 0.243 e. The summed E-state index contributed by atoms with van der Waals surface area (Å²) in [7, 11) is -1.12. The maximum Gasteiger partial charge on any atom is 0.243 e. The number of aryl methyl sites for hydroxylation is 1. The molecule has 13 heteroatoms. The van der Waals surface area contributed by atoms with Crippen molar-refractivity contribution in [1.82, 2.24) is 29.7 Å². The highest BCUT2D eigenvalue weighted by molar-refractivity contribution is 7.93. The van der Waals surface area contributed by atoms with Crippen LogP contribution in [0.5, 0.6) is 11.5 Å². The van der Waals surface area contributed by atoms with E-state index in [1.54, 1.807) is 55.1 Å². The summed E-state index contributed by atoms with van der Waals surface area (Å²) in [5, 5.41) is 7.40. The summed E-state index contributed by atoms with van der Waals surface area (Å²) in [5.41, 5.74) is 1.86. The zero-order valence-electron chi connectivity index (χ0n) is 22.6. The van der Waals surface area contributed by atoms with E-state index in [0.717, 1.165) is 5.56 Å². The molecule has 3 aromatic heterocycles. The minimum atomic E-state index is -4.13. The van der Waals surface area contributed by atoms with E-state index in [-0.39, 0.29) is 17.9 Å². The average Bonchev–Trinajstić information content (AvgIpc) is 3.33. The molecule has 0 aliphatic heterocycles. The van der Waals surface area contributed by atoms with Crippen LogP contribution in [0.3, 0.4) is 0 Å².